The Morgan fingerprint density at radius 3 is 2.45 bits per heavy atom. The van der Waals surface area contributed by atoms with E-state index in [1.54, 1.807) is 51.1 Å². The van der Waals surface area contributed by atoms with E-state index in [0.717, 1.165) is 4.09 Å². The topological polar surface area (TPSA) is 123 Å². The molecule has 0 aliphatic rings. The lowest BCUT2D eigenvalue weighted by Crippen LogP contribution is -2.35. The summed E-state index contributed by atoms with van der Waals surface area (Å²) in [6.45, 7) is 5.56. The van der Waals surface area contributed by atoms with Gasteiger partial charge >= 0.3 is 17.6 Å². The number of ether oxygens (including phenoxy) is 1. The molecule has 156 valence electrons. The van der Waals surface area contributed by atoms with Crippen molar-refractivity contribution in [3.8, 4) is 11.3 Å². The van der Waals surface area contributed by atoms with Gasteiger partial charge in [0, 0.05) is 30.4 Å². The maximum Gasteiger partial charge on any atom is 0.407 e. The minimum absolute atomic E-state index is 0.109. The fourth-order valence-electron chi connectivity index (χ4n) is 2.46. The molecule has 1 heterocycles. The standard InChI is InChI=1S/C19H23ClN4O5/c1-19(2,3)29-18(28)22-10-9-21-16-17(27)24(20)15(12-7-5-4-6-8-12)13(23-16)11-14(25)26/h4-8H,9-11H2,1-3H3,(H,21,23)(H,22,28)(H,25,26). The van der Waals surface area contributed by atoms with Crippen molar-refractivity contribution in [3.05, 3.63) is 46.4 Å². The smallest absolute Gasteiger partial charge is 0.407 e. The first kappa shape index (κ1) is 22.2. The first-order valence-electron chi connectivity index (χ1n) is 8.88. The number of carbonyl (C=O) groups excluding carboxylic acids is 1. The number of hydrogen-bond donors (Lipinski definition) is 3. The molecule has 0 radical (unpaired) electrons. The van der Waals surface area contributed by atoms with E-state index in [1.807, 2.05) is 0 Å². The molecule has 2 aromatic rings. The summed E-state index contributed by atoms with van der Waals surface area (Å²) in [5, 5.41) is 14.5. The van der Waals surface area contributed by atoms with Crippen molar-refractivity contribution >= 4 is 29.7 Å². The quantitative estimate of drug-likeness (QED) is 0.585. The van der Waals surface area contributed by atoms with Gasteiger partial charge in [-0.05, 0) is 20.8 Å². The Morgan fingerprint density at radius 1 is 1.21 bits per heavy atom. The second kappa shape index (κ2) is 9.42. The number of nitrogens with zero attached hydrogens (tertiary/aromatic N) is 2. The molecule has 0 spiro atoms. The molecule has 0 fully saturated rings. The van der Waals surface area contributed by atoms with Gasteiger partial charge in [0.2, 0.25) is 0 Å². The summed E-state index contributed by atoms with van der Waals surface area (Å²) in [4.78, 5) is 39.6. The predicted molar refractivity (Wildman–Crippen MR) is 109 cm³/mol. The molecule has 0 unspecified atom stereocenters. The van der Waals surface area contributed by atoms with Crippen molar-refractivity contribution in [2.45, 2.75) is 32.8 Å². The second-order valence-corrected chi connectivity index (χ2v) is 7.47. The van der Waals surface area contributed by atoms with Crippen LogP contribution in [0, 0.1) is 0 Å². The summed E-state index contributed by atoms with van der Waals surface area (Å²) in [5.41, 5.74) is -0.318. The molecule has 0 saturated heterocycles. The van der Waals surface area contributed by atoms with Crippen LogP contribution in [0.5, 0.6) is 0 Å². The predicted octanol–water partition coefficient (Wildman–Crippen LogP) is 2.48. The van der Waals surface area contributed by atoms with Crippen LogP contribution in [-0.2, 0) is 16.0 Å². The van der Waals surface area contributed by atoms with Crippen LogP contribution in [-0.4, -0.2) is 44.9 Å². The van der Waals surface area contributed by atoms with Crippen LogP contribution in [0.1, 0.15) is 26.5 Å². The van der Waals surface area contributed by atoms with Crippen molar-refractivity contribution in [3.63, 3.8) is 0 Å². The number of carboxylic acids is 1. The van der Waals surface area contributed by atoms with E-state index in [2.05, 4.69) is 15.6 Å². The third-order valence-electron chi connectivity index (χ3n) is 3.55. The number of carboxylic acid groups (broad SMARTS) is 1. The van der Waals surface area contributed by atoms with Crippen LogP contribution in [0.25, 0.3) is 11.3 Å². The van der Waals surface area contributed by atoms with E-state index in [1.165, 1.54) is 0 Å². The van der Waals surface area contributed by atoms with Gasteiger partial charge in [-0.25, -0.2) is 13.9 Å². The van der Waals surface area contributed by atoms with Crippen LogP contribution < -0.4 is 16.2 Å². The molecule has 29 heavy (non-hydrogen) atoms. The zero-order valence-corrected chi connectivity index (χ0v) is 17.1. The van der Waals surface area contributed by atoms with Crippen LogP contribution in [0.15, 0.2) is 35.1 Å². The normalized spacial score (nSPS) is 11.0. The highest BCUT2D eigenvalue weighted by molar-refractivity contribution is 6.17. The van der Waals surface area contributed by atoms with Gasteiger partial charge in [-0.3, -0.25) is 9.59 Å². The number of amides is 1. The van der Waals surface area contributed by atoms with Crippen molar-refractivity contribution in [2.24, 2.45) is 0 Å². The molecular formula is C19H23ClN4O5. The number of anilines is 1. The summed E-state index contributed by atoms with van der Waals surface area (Å²) in [6.07, 6.45) is -1.00. The fourth-order valence-corrected chi connectivity index (χ4v) is 2.74. The summed E-state index contributed by atoms with van der Waals surface area (Å²) < 4.78 is 5.97. The van der Waals surface area contributed by atoms with Crippen LogP contribution in [0.3, 0.4) is 0 Å². The third kappa shape index (κ3) is 6.49. The van der Waals surface area contributed by atoms with Gasteiger partial charge in [-0.2, -0.15) is 0 Å². The number of hydrogen-bond acceptors (Lipinski definition) is 6. The molecule has 9 nitrogen and oxygen atoms in total. The Kier molecular flexibility index (Phi) is 7.22. The van der Waals surface area contributed by atoms with E-state index in [0.29, 0.717) is 5.56 Å². The maximum atomic E-state index is 12.6. The first-order valence-corrected chi connectivity index (χ1v) is 9.22. The summed E-state index contributed by atoms with van der Waals surface area (Å²) in [6, 6.07) is 8.70. The Morgan fingerprint density at radius 2 is 1.86 bits per heavy atom. The largest absolute Gasteiger partial charge is 0.481 e. The van der Waals surface area contributed by atoms with E-state index in [4.69, 9.17) is 16.5 Å². The van der Waals surface area contributed by atoms with E-state index < -0.39 is 29.6 Å². The minimum Gasteiger partial charge on any atom is -0.481 e. The van der Waals surface area contributed by atoms with E-state index in [9.17, 15) is 19.5 Å². The Bertz CT molecular complexity index is 938. The molecular weight excluding hydrogens is 400 g/mol. The monoisotopic (exact) mass is 422 g/mol. The molecule has 0 aliphatic carbocycles. The maximum absolute atomic E-state index is 12.6. The molecule has 1 amide bonds. The zero-order valence-electron chi connectivity index (χ0n) is 16.4. The number of aromatic nitrogens is 2. The molecule has 3 N–H and O–H groups in total. The molecule has 0 atom stereocenters. The highest BCUT2D eigenvalue weighted by Crippen LogP contribution is 2.23. The number of halogens is 1. The average molecular weight is 423 g/mol. The number of nitrogens with one attached hydrogen (secondary N) is 2. The Labute approximate surface area is 172 Å². The van der Waals surface area contributed by atoms with Gasteiger partial charge in [-0.15, -0.1) is 0 Å². The first-order chi connectivity index (χ1) is 13.6. The van der Waals surface area contributed by atoms with Gasteiger partial charge in [0.1, 0.15) is 5.60 Å². The molecule has 0 bridgehead atoms. The number of rotatable bonds is 7. The Balaban J connectivity index is 2.19. The van der Waals surface area contributed by atoms with Crippen LogP contribution >= 0.6 is 11.8 Å². The van der Waals surface area contributed by atoms with Crippen LogP contribution in [0.4, 0.5) is 10.6 Å². The number of alkyl carbamates (subject to hydrolysis) is 1. The van der Waals surface area contributed by atoms with Gasteiger partial charge in [0.05, 0.1) is 17.8 Å². The average Bonchev–Trinajstić information content (AvgIpc) is 2.61. The fraction of sp³-hybridized carbons (Fsp3) is 0.368. The minimum atomic E-state index is -1.11. The molecule has 1 aromatic carbocycles. The highest BCUT2D eigenvalue weighted by Gasteiger charge is 2.19. The van der Waals surface area contributed by atoms with E-state index in [-0.39, 0.29) is 30.3 Å². The summed E-state index contributed by atoms with van der Waals surface area (Å²) >= 11 is 6.20. The van der Waals surface area contributed by atoms with Gasteiger partial charge in [0.25, 0.3) is 0 Å². The van der Waals surface area contributed by atoms with Gasteiger partial charge in [-0.1, -0.05) is 30.3 Å². The van der Waals surface area contributed by atoms with Crippen LogP contribution in [0.2, 0.25) is 0 Å². The zero-order chi connectivity index (χ0) is 21.6. The SMILES string of the molecule is CC(C)(C)OC(=O)NCCNc1nc(CC(=O)O)c(-c2ccccc2)n(Cl)c1=O. The summed E-state index contributed by atoms with van der Waals surface area (Å²) in [7, 11) is 0. The number of benzene rings is 1. The molecule has 0 aliphatic heterocycles. The van der Waals surface area contributed by atoms with Crippen molar-refractivity contribution in [1.29, 1.82) is 0 Å². The Hall–Kier alpha value is -3.07. The summed E-state index contributed by atoms with van der Waals surface area (Å²) in [5.74, 6) is -1.22. The van der Waals surface area contributed by atoms with Crippen molar-refractivity contribution in [1.82, 2.24) is 14.4 Å². The lowest BCUT2D eigenvalue weighted by atomic mass is 10.1. The lowest BCUT2D eigenvalue weighted by molar-refractivity contribution is -0.136. The third-order valence-corrected chi connectivity index (χ3v) is 3.87. The lowest BCUT2D eigenvalue weighted by Gasteiger charge is -2.19. The van der Waals surface area contributed by atoms with Gasteiger partial charge in [0.15, 0.2) is 5.82 Å². The highest BCUT2D eigenvalue weighted by atomic mass is 35.5. The molecule has 2 rings (SSSR count). The van der Waals surface area contributed by atoms with Crippen molar-refractivity contribution in [2.75, 3.05) is 18.4 Å². The van der Waals surface area contributed by atoms with E-state index >= 15 is 0 Å². The number of carbonyl (C=O) groups is 2. The number of aliphatic carboxylic acids is 1. The molecule has 10 heteroatoms. The second-order valence-electron chi connectivity index (χ2n) is 7.13. The van der Waals surface area contributed by atoms with Crippen molar-refractivity contribution < 1.29 is 19.4 Å². The molecule has 1 aromatic heterocycles. The molecule has 0 saturated carbocycles. The van der Waals surface area contributed by atoms with Gasteiger partial charge < -0.3 is 20.5 Å².